The molecule has 0 aliphatic heterocycles. The Bertz CT molecular complexity index is 542. The summed E-state index contributed by atoms with van der Waals surface area (Å²) >= 11 is 0. The molecule has 0 heterocycles. The van der Waals surface area contributed by atoms with Gasteiger partial charge in [0.2, 0.25) is 0 Å². The fourth-order valence-corrected chi connectivity index (χ4v) is 2.11. The van der Waals surface area contributed by atoms with Crippen LogP contribution < -0.4 is 0 Å². The molecule has 0 aliphatic carbocycles. The summed E-state index contributed by atoms with van der Waals surface area (Å²) in [6.45, 7) is 3.94. The molecule has 0 aromatic heterocycles. The Morgan fingerprint density at radius 2 is 1.94 bits per heavy atom. The standard InChI is InChI=1S/C14H14O2/c1-9(2)14-12(8-15)11-6-4-3-5-10(11)7-13(14)16/h3-9,16H,1-2H3. The summed E-state index contributed by atoms with van der Waals surface area (Å²) < 4.78 is 0. The van der Waals surface area contributed by atoms with Crippen LogP contribution in [0.25, 0.3) is 10.8 Å². The van der Waals surface area contributed by atoms with Crippen molar-refractivity contribution in [1.82, 2.24) is 0 Å². The Balaban J connectivity index is 2.90. The molecule has 82 valence electrons. The van der Waals surface area contributed by atoms with Gasteiger partial charge in [0.1, 0.15) is 5.75 Å². The Labute approximate surface area is 94.5 Å². The van der Waals surface area contributed by atoms with Crippen LogP contribution in [0.1, 0.15) is 35.7 Å². The molecule has 2 aromatic rings. The van der Waals surface area contributed by atoms with Crippen molar-refractivity contribution in [1.29, 1.82) is 0 Å². The molecular weight excluding hydrogens is 200 g/mol. The highest BCUT2D eigenvalue weighted by Crippen LogP contribution is 2.34. The lowest BCUT2D eigenvalue weighted by molar-refractivity contribution is 0.112. The first-order chi connectivity index (χ1) is 7.65. The third-order valence-electron chi connectivity index (χ3n) is 2.80. The molecule has 2 nitrogen and oxygen atoms in total. The minimum atomic E-state index is 0.129. The second-order valence-electron chi connectivity index (χ2n) is 4.22. The lowest BCUT2D eigenvalue weighted by Crippen LogP contribution is -1.97. The van der Waals surface area contributed by atoms with E-state index in [0.717, 1.165) is 22.6 Å². The van der Waals surface area contributed by atoms with E-state index in [1.165, 1.54) is 0 Å². The third-order valence-corrected chi connectivity index (χ3v) is 2.80. The van der Waals surface area contributed by atoms with Crippen molar-refractivity contribution in [3.63, 3.8) is 0 Å². The molecule has 0 amide bonds. The Morgan fingerprint density at radius 3 is 2.56 bits per heavy atom. The average molecular weight is 214 g/mol. The Morgan fingerprint density at radius 1 is 1.25 bits per heavy atom. The average Bonchev–Trinajstić information content (AvgIpc) is 2.26. The van der Waals surface area contributed by atoms with Gasteiger partial charge in [-0.15, -0.1) is 0 Å². The summed E-state index contributed by atoms with van der Waals surface area (Å²) in [5, 5.41) is 11.7. The minimum Gasteiger partial charge on any atom is -0.508 e. The smallest absolute Gasteiger partial charge is 0.151 e. The van der Waals surface area contributed by atoms with E-state index < -0.39 is 0 Å². The molecule has 0 atom stereocenters. The Hall–Kier alpha value is -1.83. The van der Waals surface area contributed by atoms with Gasteiger partial charge in [-0.2, -0.15) is 0 Å². The minimum absolute atomic E-state index is 0.129. The molecule has 1 N–H and O–H groups in total. The van der Waals surface area contributed by atoms with E-state index in [4.69, 9.17) is 0 Å². The predicted molar refractivity (Wildman–Crippen MR) is 65.1 cm³/mol. The summed E-state index contributed by atoms with van der Waals surface area (Å²) in [5.41, 5.74) is 1.33. The quantitative estimate of drug-likeness (QED) is 0.777. The van der Waals surface area contributed by atoms with E-state index in [9.17, 15) is 9.90 Å². The van der Waals surface area contributed by atoms with Crippen molar-refractivity contribution in [3.05, 3.63) is 41.5 Å². The van der Waals surface area contributed by atoms with Crippen LogP contribution in [0.5, 0.6) is 5.75 Å². The number of hydrogen-bond donors (Lipinski definition) is 1. The molecule has 0 saturated heterocycles. The monoisotopic (exact) mass is 214 g/mol. The highest BCUT2D eigenvalue weighted by atomic mass is 16.3. The van der Waals surface area contributed by atoms with Gasteiger partial charge >= 0.3 is 0 Å². The molecule has 0 spiro atoms. The first-order valence-corrected chi connectivity index (χ1v) is 5.35. The van der Waals surface area contributed by atoms with Gasteiger partial charge in [-0.1, -0.05) is 38.1 Å². The lowest BCUT2D eigenvalue weighted by Gasteiger charge is -2.13. The van der Waals surface area contributed by atoms with Crippen molar-refractivity contribution in [2.24, 2.45) is 0 Å². The van der Waals surface area contributed by atoms with Crippen LogP contribution in [-0.2, 0) is 0 Å². The van der Waals surface area contributed by atoms with Gasteiger partial charge < -0.3 is 5.11 Å². The van der Waals surface area contributed by atoms with Crippen LogP contribution in [0.4, 0.5) is 0 Å². The lowest BCUT2D eigenvalue weighted by atomic mass is 9.92. The van der Waals surface area contributed by atoms with E-state index in [-0.39, 0.29) is 11.7 Å². The summed E-state index contributed by atoms with van der Waals surface area (Å²) in [4.78, 5) is 11.2. The molecule has 16 heavy (non-hydrogen) atoms. The molecule has 0 bridgehead atoms. The highest BCUT2D eigenvalue weighted by Gasteiger charge is 2.14. The number of benzene rings is 2. The first-order valence-electron chi connectivity index (χ1n) is 5.35. The van der Waals surface area contributed by atoms with Gasteiger partial charge in [-0.3, -0.25) is 4.79 Å². The van der Waals surface area contributed by atoms with Gasteiger partial charge in [0.05, 0.1) is 0 Å². The number of phenolic OH excluding ortho intramolecular Hbond substituents is 1. The van der Waals surface area contributed by atoms with Crippen LogP contribution in [-0.4, -0.2) is 11.4 Å². The summed E-state index contributed by atoms with van der Waals surface area (Å²) in [6, 6.07) is 9.32. The van der Waals surface area contributed by atoms with Crippen LogP contribution in [0.2, 0.25) is 0 Å². The largest absolute Gasteiger partial charge is 0.508 e. The molecule has 0 fully saturated rings. The summed E-state index contributed by atoms with van der Waals surface area (Å²) in [7, 11) is 0. The number of aromatic hydroxyl groups is 1. The van der Waals surface area contributed by atoms with Crippen LogP contribution in [0.3, 0.4) is 0 Å². The second-order valence-corrected chi connectivity index (χ2v) is 4.22. The normalized spacial score (nSPS) is 10.9. The third kappa shape index (κ3) is 1.56. The van der Waals surface area contributed by atoms with Crippen LogP contribution >= 0.6 is 0 Å². The fraction of sp³-hybridized carbons (Fsp3) is 0.214. The van der Waals surface area contributed by atoms with Gasteiger partial charge in [0.25, 0.3) is 0 Å². The van der Waals surface area contributed by atoms with Crippen LogP contribution in [0.15, 0.2) is 30.3 Å². The van der Waals surface area contributed by atoms with E-state index in [1.807, 2.05) is 38.1 Å². The zero-order valence-electron chi connectivity index (χ0n) is 9.40. The fourth-order valence-electron chi connectivity index (χ4n) is 2.11. The van der Waals surface area contributed by atoms with Crippen molar-refractivity contribution >= 4 is 17.1 Å². The number of aldehydes is 1. The molecule has 2 aromatic carbocycles. The SMILES string of the molecule is CC(C)c1c(O)cc2ccccc2c1C=O. The zero-order valence-corrected chi connectivity index (χ0v) is 9.40. The van der Waals surface area contributed by atoms with Gasteiger partial charge in [0, 0.05) is 11.1 Å². The second kappa shape index (κ2) is 3.97. The number of fused-ring (bicyclic) bond motifs is 1. The van der Waals surface area contributed by atoms with Gasteiger partial charge in [0.15, 0.2) is 6.29 Å². The van der Waals surface area contributed by atoms with Crippen molar-refractivity contribution in [2.45, 2.75) is 19.8 Å². The van der Waals surface area contributed by atoms with E-state index >= 15 is 0 Å². The molecule has 0 radical (unpaired) electrons. The van der Waals surface area contributed by atoms with E-state index in [0.29, 0.717) is 5.56 Å². The van der Waals surface area contributed by atoms with E-state index in [2.05, 4.69) is 0 Å². The first kappa shape index (κ1) is 10.7. The summed E-state index contributed by atoms with van der Waals surface area (Å²) in [5.74, 6) is 0.334. The highest BCUT2D eigenvalue weighted by molar-refractivity contribution is 6.01. The predicted octanol–water partition coefficient (Wildman–Crippen LogP) is 3.48. The van der Waals surface area contributed by atoms with Crippen molar-refractivity contribution < 1.29 is 9.90 Å². The molecule has 2 heteroatoms. The molecule has 2 rings (SSSR count). The maximum Gasteiger partial charge on any atom is 0.151 e. The molecule has 0 saturated carbocycles. The number of phenols is 1. The summed E-state index contributed by atoms with van der Waals surface area (Å²) in [6.07, 6.45) is 0.831. The molecular formula is C14H14O2. The Kier molecular flexibility index (Phi) is 2.65. The molecule has 0 aliphatic rings. The number of carbonyl (C=O) groups is 1. The number of hydrogen-bond acceptors (Lipinski definition) is 2. The van der Waals surface area contributed by atoms with Crippen molar-refractivity contribution in [2.75, 3.05) is 0 Å². The van der Waals surface area contributed by atoms with E-state index in [1.54, 1.807) is 6.07 Å². The zero-order chi connectivity index (χ0) is 11.7. The number of rotatable bonds is 2. The van der Waals surface area contributed by atoms with Crippen molar-refractivity contribution in [3.8, 4) is 5.75 Å². The van der Waals surface area contributed by atoms with Crippen LogP contribution in [0, 0.1) is 0 Å². The number of carbonyl (C=O) groups excluding carboxylic acids is 1. The maximum atomic E-state index is 11.2. The molecule has 0 unspecified atom stereocenters. The van der Waals surface area contributed by atoms with Gasteiger partial charge in [-0.05, 0) is 22.8 Å². The topological polar surface area (TPSA) is 37.3 Å². The van der Waals surface area contributed by atoms with Gasteiger partial charge in [-0.25, -0.2) is 0 Å². The maximum absolute atomic E-state index is 11.2.